The number of aryl methyl sites for hydroxylation is 1. The molecular weight excluding hydrogens is 264 g/mol. The Balaban J connectivity index is 2.10. The van der Waals surface area contributed by atoms with Crippen LogP contribution in [0.4, 0.5) is 11.4 Å². The van der Waals surface area contributed by atoms with Gasteiger partial charge in [0.05, 0.1) is 4.92 Å². The second-order valence-electron chi connectivity index (χ2n) is 5.20. The summed E-state index contributed by atoms with van der Waals surface area (Å²) in [4.78, 5) is 10.4. The van der Waals surface area contributed by atoms with Crippen LogP contribution >= 0.6 is 0 Å². The molecule has 0 aromatic heterocycles. The minimum absolute atomic E-state index is 0.133. The molecule has 0 saturated heterocycles. The minimum Gasteiger partial charge on any atom is -0.382 e. The maximum atomic E-state index is 10.8. The molecule has 1 atom stereocenters. The first kappa shape index (κ1) is 15.0. The van der Waals surface area contributed by atoms with Gasteiger partial charge in [-0.25, -0.2) is 0 Å². The molecule has 4 heteroatoms. The number of nitro benzene ring substituents is 1. The highest BCUT2D eigenvalue weighted by Gasteiger charge is 2.12. The zero-order valence-corrected chi connectivity index (χ0v) is 12.4. The molecule has 2 aromatic carbocycles. The fraction of sp³-hybridized carbons (Fsp3) is 0.294. The number of rotatable bonds is 6. The van der Waals surface area contributed by atoms with E-state index in [1.165, 1.54) is 5.56 Å². The second-order valence-corrected chi connectivity index (χ2v) is 5.20. The van der Waals surface area contributed by atoms with Crippen molar-refractivity contribution in [1.82, 2.24) is 0 Å². The first-order valence-corrected chi connectivity index (χ1v) is 7.15. The van der Waals surface area contributed by atoms with Gasteiger partial charge >= 0.3 is 0 Å². The molecule has 4 nitrogen and oxygen atoms in total. The highest BCUT2D eigenvalue weighted by Crippen LogP contribution is 2.23. The summed E-state index contributed by atoms with van der Waals surface area (Å²) in [6.45, 7) is 4.03. The van der Waals surface area contributed by atoms with Crippen molar-refractivity contribution >= 4 is 11.4 Å². The molecule has 0 spiro atoms. The van der Waals surface area contributed by atoms with Crippen LogP contribution in [-0.4, -0.2) is 11.0 Å². The summed E-state index contributed by atoms with van der Waals surface area (Å²) in [5.41, 5.74) is 3.28. The summed E-state index contributed by atoms with van der Waals surface area (Å²) in [6, 6.07) is 15.6. The van der Waals surface area contributed by atoms with Crippen LogP contribution in [-0.2, 0) is 6.42 Å². The molecule has 0 radical (unpaired) electrons. The highest BCUT2D eigenvalue weighted by molar-refractivity contribution is 5.56. The first-order chi connectivity index (χ1) is 10.1. The Morgan fingerprint density at radius 2 is 1.90 bits per heavy atom. The standard InChI is InChI=1S/C17H20N2O2/c1-3-15(12-14-7-5-4-6-8-14)18-17-10-9-16(19(20)21)11-13(17)2/h4-11,15,18H,3,12H2,1-2H3. The van der Waals surface area contributed by atoms with E-state index in [0.717, 1.165) is 24.1 Å². The van der Waals surface area contributed by atoms with Crippen LogP contribution in [0.2, 0.25) is 0 Å². The zero-order valence-electron chi connectivity index (χ0n) is 12.4. The van der Waals surface area contributed by atoms with Crippen LogP contribution < -0.4 is 5.32 Å². The molecule has 1 N–H and O–H groups in total. The van der Waals surface area contributed by atoms with Crippen molar-refractivity contribution in [2.45, 2.75) is 32.7 Å². The van der Waals surface area contributed by atoms with Crippen molar-refractivity contribution in [2.24, 2.45) is 0 Å². The lowest BCUT2D eigenvalue weighted by Gasteiger charge is -2.19. The molecule has 2 aromatic rings. The quantitative estimate of drug-likeness (QED) is 0.634. The maximum Gasteiger partial charge on any atom is 0.269 e. The van der Waals surface area contributed by atoms with E-state index in [4.69, 9.17) is 0 Å². The number of hydrogen-bond donors (Lipinski definition) is 1. The molecule has 0 saturated carbocycles. The first-order valence-electron chi connectivity index (χ1n) is 7.15. The normalized spacial score (nSPS) is 11.9. The van der Waals surface area contributed by atoms with Crippen molar-refractivity contribution < 1.29 is 4.92 Å². The Bertz CT molecular complexity index is 611. The van der Waals surface area contributed by atoms with Crippen molar-refractivity contribution in [3.05, 3.63) is 69.8 Å². The summed E-state index contributed by atoms with van der Waals surface area (Å²) < 4.78 is 0. The summed E-state index contributed by atoms with van der Waals surface area (Å²) in [6.07, 6.45) is 1.93. The molecule has 1 unspecified atom stereocenters. The van der Waals surface area contributed by atoms with E-state index in [2.05, 4.69) is 24.4 Å². The van der Waals surface area contributed by atoms with Crippen molar-refractivity contribution in [2.75, 3.05) is 5.32 Å². The molecule has 0 aliphatic heterocycles. The van der Waals surface area contributed by atoms with Gasteiger partial charge in [0.2, 0.25) is 0 Å². The molecule has 0 aliphatic rings. The molecule has 21 heavy (non-hydrogen) atoms. The van der Waals surface area contributed by atoms with Gasteiger partial charge in [-0.15, -0.1) is 0 Å². The lowest BCUT2D eigenvalue weighted by atomic mass is 10.0. The minimum atomic E-state index is -0.363. The maximum absolute atomic E-state index is 10.8. The van der Waals surface area contributed by atoms with Crippen LogP contribution in [0.25, 0.3) is 0 Å². The fourth-order valence-electron chi connectivity index (χ4n) is 2.34. The molecular formula is C17H20N2O2. The molecule has 2 rings (SSSR count). The van der Waals surface area contributed by atoms with Gasteiger partial charge in [0.25, 0.3) is 5.69 Å². The third-order valence-electron chi connectivity index (χ3n) is 3.60. The van der Waals surface area contributed by atoms with Gasteiger partial charge < -0.3 is 5.32 Å². The van der Waals surface area contributed by atoms with Crippen LogP contribution in [0, 0.1) is 17.0 Å². The van der Waals surface area contributed by atoms with Crippen molar-refractivity contribution in [3.63, 3.8) is 0 Å². The van der Waals surface area contributed by atoms with Crippen LogP contribution in [0.15, 0.2) is 48.5 Å². The number of nitrogens with zero attached hydrogens (tertiary/aromatic N) is 1. The third kappa shape index (κ3) is 4.05. The number of hydrogen-bond acceptors (Lipinski definition) is 3. The van der Waals surface area contributed by atoms with Crippen LogP contribution in [0.3, 0.4) is 0 Å². The Kier molecular flexibility index (Phi) is 4.93. The molecule has 110 valence electrons. The second kappa shape index (κ2) is 6.88. The average Bonchev–Trinajstić information content (AvgIpc) is 2.49. The largest absolute Gasteiger partial charge is 0.382 e. The van der Waals surface area contributed by atoms with E-state index in [1.54, 1.807) is 18.2 Å². The summed E-state index contributed by atoms with van der Waals surface area (Å²) in [5.74, 6) is 0. The van der Waals surface area contributed by atoms with Crippen molar-refractivity contribution in [3.8, 4) is 0 Å². The van der Waals surface area contributed by atoms with E-state index in [9.17, 15) is 10.1 Å². The average molecular weight is 284 g/mol. The number of nitro groups is 1. The summed E-state index contributed by atoms with van der Waals surface area (Å²) >= 11 is 0. The van der Waals surface area contributed by atoms with E-state index >= 15 is 0 Å². The predicted molar refractivity (Wildman–Crippen MR) is 85.7 cm³/mol. The zero-order chi connectivity index (χ0) is 15.2. The van der Waals surface area contributed by atoms with E-state index in [0.29, 0.717) is 6.04 Å². The molecule has 0 bridgehead atoms. The molecule has 0 amide bonds. The van der Waals surface area contributed by atoms with Gasteiger partial charge in [-0.05, 0) is 37.0 Å². The van der Waals surface area contributed by atoms with Gasteiger partial charge in [-0.3, -0.25) is 10.1 Å². The van der Waals surface area contributed by atoms with Gasteiger partial charge in [-0.1, -0.05) is 37.3 Å². The number of benzene rings is 2. The summed E-state index contributed by atoms with van der Waals surface area (Å²) in [7, 11) is 0. The van der Waals surface area contributed by atoms with Crippen molar-refractivity contribution in [1.29, 1.82) is 0 Å². The predicted octanol–water partition coefficient (Wildman–Crippen LogP) is 4.34. The Morgan fingerprint density at radius 1 is 1.19 bits per heavy atom. The van der Waals surface area contributed by atoms with E-state index < -0.39 is 0 Å². The van der Waals surface area contributed by atoms with Gasteiger partial charge in [0, 0.05) is 23.9 Å². The molecule has 0 fully saturated rings. The Hall–Kier alpha value is -2.36. The third-order valence-corrected chi connectivity index (χ3v) is 3.60. The SMILES string of the molecule is CCC(Cc1ccccc1)Nc1ccc([N+](=O)[O-])cc1C. The van der Waals surface area contributed by atoms with Gasteiger partial charge in [0.15, 0.2) is 0 Å². The lowest BCUT2D eigenvalue weighted by molar-refractivity contribution is -0.384. The number of non-ortho nitro benzene ring substituents is 1. The van der Waals surface area contributed by atoms with Gasteiger partial charge in [0.1, 0.15) is 0 Å². The monoisotopic (exact) mass is 284 g/mol. The lowest BCUT2D eigenvalue weighted by Crippen LogP contribution is -2.21. The van der Waals surface area contributed by atoms with Gasteiger partial charge in [-0.2, -0.15) is 0 Å². The highest BCUT2D eigenvalue weighted by atomic mass is 16.6. The van der Waals surface area contributed by atoms with E-state index in [1.807, 2.05) is 25.1 Å². The Labute approximate surface area is 125 Å². The summed E-state index contributed by atoms with van der Waals surface area (Å²) in [5, 5.41) is 14.3. The van der Waals surface area contributed by atoms with Crippen LogP contribution in [0.5, 0.6) is 0 Å². The number of anilines is 1. The fourth-order valence-corrected chi connectivity index (χ4v) is 2.34. The Morgan fingerprint density at radius 3 is 2.48 bits per heavy atom. The molecule has 0 aliphatic carbocycles. The van der Waals surface area contributed by atoms with E-state index in [-0.39, 0.29) is 10.6 Å². The topological polar surface area (TPSA) is 55.2 Å². The smallest absolute Gasteiger partial charge is 0.269 e. The molecule has 0 heterocycles. The number of nitrogens with one attached hydrogen (secondary N) is 1. The van der Waals surface area contributed by atoms with Crippen LogP contribution in [0.1, 0.15) is 24.5 Å².